The van der Waals surface area contributed by atoms with E-state index in [1.54, 1.807) is 24.3 Å². The molecule has 0 spiro atoms. The van der Waals surface area contributed by atoms with E-state index in [2.05, 4.69) is 10.6 Å². The Balaban J connectivity index is 1.67. The smallest absolute Gasteiger partial charge is 0.312 e. The highest BCUT2D eigenvalue weighted by Crippen LogP contribution is 2.11. The molecule has 4 N–H and O–H groups in total. The van der Waals surface area contributed by atoms with Crippen molar-refractivity contribution in [2.75, 3.05) is 11.9 Å². The molecular weight excluding hydrogens is 358 g/mol. The molecule has 2 rings (SSSR count). The Morgan fingerprint density at radius 1 is 0.893 bits per heavy atom. The molecule has 0 bridgehead atoms. The number of para-hydroxylation sites is 1. The number of amides is 3. The molecule has 0 unspecified atom stereocenters. The van der Waals surface area contributed by atoms with Gasteiger partial charge in [-0.25, -0.2) is 4.79 Å². The average Bonchev–Trinajstić information content (AvgIpc) is 2.70. The fourth-order valence-electron chi connectivity index (χ4n) is 2.50. The van der Waals surface area contributed by atoms with Crippen LogP contribution in [-0.4, -0.2) is 24.5 Å². The van der Waals surface area contributed by atoms with Gasteiger partial charge in [-0.05, 0) is 42.7 Å². The number of unbranched alkanes of at least 4 members (excludes halogenated alkanes) is 2. The van der Waals surface area contributed by atoms with Gasteiger partial charge in [-0.15, -0.1) is 0 Å². The second-order valence-corrected chi connectivity index (χ2v) is 6.28. The van der Waals surface area contributed by atoms with Gasteiger partial charge in [0.05, 0.1) is 0 Å². The Bertz CT molecular complexity index is 776. The summed E-state index contributed by atoms with van der Waals surface area (Å²) in [7, 11) is 0. The molecule has 0 aliphatic heterocycles. The molecule has 2 aromatic rings. The van der Waals surface area contributed by atoms with Crippen molar-refractivity contribution in [1.82, 2.24) is 5.32 Å². The van der Waals surface area contributed by atoms with Crippen LogP contribution >= 0.6 is 0 Å². The summed E-state index contributed by atoms with van der Waals surface area (Å²) < 4.78 is 5.24. The number of ether oxygens (including phenoxy) is 1. The third kappa shape index (κ3) is 7.90. The molecule has 0 fully saturated rings. The fraction of sp³-hybridized carbons (Fsp3) is 0.286. The molecule has 0 aliphatic rings. The number of anilines is 1. The van der Waals surface area contributed by atoms with Crippen LogP contribution < -0.4 is 16.4 Å². The van der Waals surface area contributed by atoms with E-state index < -0.39 is 6.03 Å². The molecular formula is C21H25N3O4. The molecule has 0 radical (unpaired) electrons. The minimum atomic E-state index is -0.539. The Labute approximate surface area is 164 Å². The standard InChI is InChI=1S/C21H25N3O4/c22-21(27)23-14-6-2-5-9-19(25)28-15-16-10-12-17(13-11-16)20(26)24-18-7-3-1-4-8-18/h1,3-4,7-8,10-13H,2,5-6,9,14-15H2,(H,24,26)(H3,22,23,27). The molecule has 148 valence electrons. The van der Waals surface area contributed by atoms with Crippen molar-refractivity contribution in [3.05, 3.63) is 65.7 Å². The number of urea groups is 1. The molecule has 0 aliphatic carbocycles. The van der Waals surface area contributed by atoms with Gasteiger partial charge in [0.15, 0.2) is 0 Å². The second kappa shape index (κ2) is 11.4. The van der Waals surface area contributed by atoms with Crippen LogP contribution in [-0.2, 0) is 16.1 Å². The molecule has 2 aromatic carbocycles. The number of primary amides is 1. The van der Waals surface area contributed by atoms with Crippen molar-refractivity contribution < 1.29 is 19.1 Å². The highest BCUT2D eigenvalue weighted by atomic mass is 16.5. The summed E-state index contributed by atoms with van der Waals surface area (Å²) in [5.74, 6) is -0.464. The summed E-state index contributed by atoms with van der Waals surface area (Å²) in [6.45, 7) is 0.678. The maximum absolute atomic E-state index is 12.2. The maximum atomic E-state index is 12.2. The minimum Gasteiger partial charge on any atom is -0.461 e. The van der Waals surface area contributed by atoms with Crippen LogP contribution in [0.1, 0.15) is 41.6 Å². The summed E-state index contributed by atoms with van der Waals surface area (Å²) in [6, 6.07) is 15.6. The van der Waals surface area contributed by atoms with Crippen molar-refractivity contribution in [2.45, 2.75) is 32.3 Å². The highest BCUT2D eigenvalue weighted by Gasteiger charge is 2.07. The zero-order chi connectivity index (χ0) is 20.2. The van der Waals surface area contributed by atoms with Crippen molar-refractivity contribution in [1.29, 1.82) is 0 Å². The van der Waals surface area contributed by atoms with Crippen LogP contribution in [0, 0.1) is 0 Å². The molecule has 28 heavy (non-hydrogen) atoms. The van der Waals surface area contributed by atoms with E-state index in [4.69, 9.17) is 10.5 Å². The predicted molar refractivity (Wildman–Crippen MR) is 107 cm³/mol. The van der Waals surface area contributed by atoms with Gasteiger partial charge < -0.3 is 21.1 Å². The lowest BCUT2D eigenvalue weighted by Crippen LogP contribution is -2.29. The van der Waals surface area contributed by atoms with Gasteiger partial charge in [0.2, 0.25) is 0 Å². The number of nitrogens with two attached hydrogens (primary N) is 1. The number of hydrogen-bond donors (Lipinski definition) is 3. The third-order valence-corrected chi connectivity index (χ3v) is 4.00. The molecule has 7 nitrogen and oxygen atoms in total. The second-order valence-electron chi connectivity index (χ2n) is 6.28. The van der Waals surface area contributed by atoms with Crippen LogP contribution in [0.2, 0.25) is 0 Å². The molecule has 7 heteroatoms. The molecule has 0 aromatic heterocycles. The quantitative estimate of drug-likeness (QED) is 0.432. The van der Waals surface area contributed by atoms with E-state index in [-0.39, 0.29) is 18.5 Å². The Kier molecular flexibility index (Phi) is 8.52. The highest BCUT2D eigenvalue weighted by molar-refractivity contribution is 6.04. The first-order chi connectivity index (χ1) is 13.5. The van der Waals surface area contributed by atoms with Crippen LogP contribution in [0.4, 0.5) is 10.5 Å². The van der Waals surface area contributed by atoms with Crippen molar-refractivity contribution in [3.63, 3.8) is 0 Å². The first-order valence-corrected chi connectivity index (χ1v) is 9.19. The van der Waals surface area contributed by atoms with Crippen LogP contribution in [0.5, 0.6) is 0 Å². The third-order valence-electron chi connectivity index (χ3n) is 4.00. The van der Waals surface area contributed by atoms with E-state index in [1.165, 1.54) is 0 Å². The summed E-state index contributed by atoms with van der Waals surface area (Å²) in [5, 5.41) is 5.32. The van der Waals surface area contributed by atoms with Crippen LogP contribution in [0.3, 0.4) is 0 Å². The fourth-order valence-corrected chi connectivity index (χ4v) is 2.50. The van der Waals surface area contributed by atoms with Gasteiger partial charge >= 0.3 is 12.0 Å². The zero-order valence-corrected chi connectivity index (χ0v) is 15.6. The van der Waals surface area contributed by atoms with E-state index >= 15 is 0 Å². The monoisotopic (exact) mass is 383 g/mol. The average molecular weight is 383 g/mol. The Morgan fingerprint density at radius 3 is 2.29 bits per heavy atom. The summed E-state index contributed by atoms with van der Waals surface area (Å²) in [5.41, 5.74) is 7.04. The van der Waals surface area contributed by atoms with Gasteiger partial charge in [-0.1, -0.05) is 36.8 Å². The number of carbonyl (C=O) groups is 3. The number of benzene rings is 2. The van der Waals surface area contributed by atoms with E-state index in [9.17, 15) is 14.4 Å². The van der Waals surface area contributed by atoms with E-state index in [0.717, 1.165) is 24.1 Å². The first-order valence-electron chi connectivity index (χ1n) is 9.19. The van der Waals surface area contributed by atoms with Crippen molar-refractivity contribution in [3.8, 4) is 0 Å². The molecule has 0 heterocycles. The van der Waals surface area contributed by atoms with Crippen LogP contribution in [0.25, 0.3) is 0 Å². The van der Waals surface area contributed by atoms with Gasteiger partial charge in [0.1, 0.15) is 6.61 Å². The molecule has 0 atom stereocenters. The molecule has 3 amide bonds. The summed E-state index contributed by atoms with van der Waals surface area (Å²) in [4.78, 5) is 34.5. The Morgan fingerprint density at radius 2 is 1.61 bits per heavy atom. The SMILES string of the molecule is NC(=O)NCCCCCC(=O)OCc1ccc(C(=O)Nc2ccccc2)cc1. The van der Waals surface area contributed by atoms with Gasteiger partial charge in [0.25, 0.3) is 5.91 Å². The lowest BCUT2D eigenvalue weighted by atomic mass is 10.1. The lowest BCUT2D eigenvalue weighted by Gasteiger charge is -2.07. The summed E-state index contributed by atoms with van der Waals surface area (Å²) >= 11 is 0. The van der Waals surface area contributed by atoms with Crippen molar-refractivity contribution in [2.24, 2.45) is 5.73 Å². The number of rotatable bonds is 10. The van der Waals surface area contributed by atoms with Gasteiger partial charge in [0, 0.05) is 24.2 Å². The largest absolute Gasteiger partial charge is 0.461 e. The summed E-state index contributed by atoms with van der Waals surface area (Å²) in [6.07, 6.45) is 2.59. The molecule has 0 saturated heterocycles. The first kappa shape index (κ1) is 21.0. The van der Waals surface area contributed by atoms with Crippen LogP contribution in [0.15, 0.2) is 54.6 Å². The number of nitrogens with one attached hydrogen (secondary N) is 2. The maximum Gasteiger partial charge on any atom is 0.312 e. The van der Waals surface area contributed by atoms with E-state index in [1.807, 2.05) is 30.3 Å². The zero-order valence-electron chi connectivity index (χ0n) is 15.6. The normalized spacial score (nSPS) is 10.1. The number of carbonyl (C=O) groups excluding carboxylic acids is 3. The number of esters is 1. The van der Waals surface area contributed by atoms with Crippen molar-refractivity contribution >= 4 is 23.6 Å². The molecule has 0 saturated carbocycles. The number of hydrogen-bond acceptors (Lipinski definition) is 4. The van der Waals surface area contributed by atoms with Gasteiger partial charge in [-0.3, -0.25) is 9.59 Å². The van der Waals surface area contributed by atoms with E-state index in [0.29, 0.717) is 24.9 Å². The lowest BCUT2D eigenvalue weighted by molar-refractivity contribution is -0.145. The van der Waals surface area contributed by atoms with Gasteiger partial charge in [-0.2, -0.15) is 0 Å². The predicted octanol–water partition coefficient (Wildman–Crippen LogP) is 3.21. The Hall–Kier alpha value is -3.35. The topological polar surface area (TPSA) is 111 Å². The minimum absolute atomic E-state index is 0.169.